The highest BCUT2D eigenvalue weighted by atomic mass is 35.5. The zero-order valence-electron chi connectivity index (χ0n) is 20.3. The first kappa shape index (κ1) is 25.3. The molecule has 196 valence electrons. The lowest BCUT2D eigenvalue weighted by atomic mass is 9.98. The summed E-state index contributed by atoms with van der Waals surface area (Å²) in [4.78, 5) is 34.0. The van der Waals surface area contributed by atoms with Crippen LogP contribution in [0.15, 0.2) is 30.5 Å². The largest absolute Gasteiger partial charge is 0.355 e. The van der Waals surface area contributed by atoms with Crippen LogP contribution in [-0.2, 0) is 4.79 Å². The van der Waals surface area contributed by atoms with Gasteiger partial charge in [-0.3, -0.25) is 9.59 Å². The summed E-state index contributed by atoms with van der Waals surface area (Å²) in [6.45, 7) is 4.04. The Balaban J connectivity index is 1.47. The second kappa shape index (κ2) is 10.2. The molecule has 37 heavy (non-hydrogen) atoms. The smallest absolute Gasteiger partial charge is 0.315 e. The number of nitrogens with two attached hydrogens (primary N) is 1. The summed E-state index contributed by atoms with van der Waals surface area (Å²) in [7, 11) is 0. The molecular weight excluding hydrogens is 504 g/mol. The number of anilines is 2. The quantitative estimate of drug-likeness (QED) is 0.518. The molecule has 2 aliphatic rings. The number of nitrogens with zero attached hydrogens (tertiary/aromatic N) is 5. The summed E-state index contributed by atoms with van der Waals surface area (Å²) in [6, 6.07) is 5.85. The van der Waals surface area contributed by atoms with E-state index >= 15 is 0 Å². The summed E-state index contributed by atoms with van der Waals surface area (Å²) in [6.07, 6.45) is 1.99. The van der Waals surface area contributed by atoms with Crippen molar-refractivity contribution in [2.24, 2.45) is 5.73 Å². The van der Waals surface area contributed by atoms with Crippen molar-refractivity contribution in [2.75, 3.05) is 29.9 Å². The highest BCUT2D eigenvalue weighted by Crippen LogP contribution is 2.34. The van der Waals surface area contributed by atoms with Gasteiger partial charge < -0.3 is 20.9 Å². The number of nitrogens with one attached hydrogen (secondary N) is 1. The Labute approximate surface area is 217 Å². The van der Waals surface area contributed by atoms with Crippen molar-refractivity contribution in [3.63, 3.8) is 0 Å². The van der Waals surface area contributed by atoms with E-state index in [4.69, 9.17) is 27.4 Å². The number of hydrogen-bond acceptors (Lipinski definition) is 6. The van der Waals surface area contributed by atoms with E-state index in [9.17, 15) is 18.4 Å². The van der Waals surface area contributed by atoms with Crippen LogP contribution in [0, 0.1) is 6.92 Å². The molecule has 2 saturated heterocycles. The predicted octanol–water partition coefficient (Wildman–Crippen LogP) is 3.80. The van der Waals surface area contributed by atoms with Gasteiger partial charge in [0.1, 0.15) is 5.82 Å². The molecule has 3 N–H and O–H groups in total. The minimum atomic E-state index is -3.21. The maximum Gasteiger partial charge on any atom is 0.315 e. The molecule has 0 bridgehead atoms. The van der Waals surface area contributed by atoms with Gasteiger partial charge in [0.15, 0.2) is 5.65 Å². The molecular formula is C25H28ClF2N7O2. The van der Waals surface area contributed by atoms with Gasteiger partial charge in [0.25, 0.3) is 11.8 Å². The molecule has 2 atom stereocenters. The van der Waals surface area contributed by atoms with Crippen LogP contribution in [-0.4, -0.2) is 63.4 Å². The minimum Gasteiger partial charge on any atom is -0.355 e. The number of alkyl halides is 2. The summed E-state index contributed by atoms with van der Waals surface area (Å²) >= 11 is 6.13. The van der Waals surface area contributed by atoms with Gasteiger partial charge >= 0.3 is 6.43 Å². The van der Waals surface area contributed by atoms with Crippen LogP contribution in [0.5, 0.6) is 0 Å². The van der Waals surface area contributed by atoms with Crippen molar-refractivity contribution in [3.8, 4) is 0 Å². The van der Waals surface area contributed by atoms with E-state index < -0.39 is 18.2 Å². The molecule has 2 unspecified atom stereocenters. The molecule has 2 aliphatic heterocycles. The normalized spacial score (nSPS) is 20.2. The van der Waals surface area contributed by atoms with Crippen LogP contribution < -0.4 is 16.0 Å². The number of carbonyl (C=O) groups excluding carboxylic acids is 2. The molecule has 9 nitrogen and oxygen atoms in total. The molecule has 12 heteroatoms. The van der Waals surface area contributed by atoms with Gasteiger partial charge in [-0.25, -0.2) is 9.50 Å². The zero-order chi connectivity index (χ0) is 26.3. The van der Waals surface area contributed by atoms with Crippen molar-refractivity contribution >= 4 is 40.6 Å². The van der Waals surface area contributed by atoms with E-state index in [2.05, 4.69) is 10.2 Å². The summed E-state index contributed by atoms with van der Waals surface area (Å²) in [5, 5.41) is 7.13. The Morgan fingerprint density at radius 1 is 1.19 bits per heavy atom. The number of likely N-dealkylation sites (tertiary alicyclic amines) is 1. The number of benzene rings is 1. The first-order valence-corrected chi connectivity index (χ1v) is 12.7. The Hall–Kier alpha value is -3.31. The standard InChI is InChI=1S/C25H28ClF2N7O2/c1-14-12-35-21(31-23(14)33-9-7-16(29)13-33)11-19(32-35)20-4-2-3-8-34(20)25(37)17-10-15(26)5-6-18(17)30-24(36)22(27)28/h5-6,10-12,16,20,22H,2-4,7-9,13,29H2,1H3,(H,30,36). The van der Waals surface area contributed by atoms with E-state index in [1.165, 1.54) is 18.2 Å². The van der Waals surface area contributed by atoms with E-state index in [0.717, 1.165) is 43.7 Å². The number of hydrogen-bond donors (Lipinski definition) is 2. The molecule has 0 saturated carbocycles. The van der Waals surface area contributed by atoms with Gasteiger partial charge in [-0.1, -0.05) is 11.6 Å². The van der Waals surface area contributed by atoms with Crippen LogP contribution in [0.2, 0.25) is 5.02 Å². The third-order valence-corrected chi connectivity index (χ3v) is 7.16. The molecule has 4 heterocycles. The van der Waals surface area contributed by atoms with Crippen LogP contribution in [0.1, 0.15) is 53.3 Å². The summed E-state index contributed by atoms with van der Waals surface area (Å²) in [5.41, 5.74) is 8.47. The molecule has 5 rings (SSSR count). The maximum absolute atomic E-state index is 13.7. The number of halogens is 3. The Bertz CT molecular complexity index is 1350. The average molecular weight is 532 g/mol. The van der Waals surface area contributed by atoms with Crippen LogP contribution in [0.3, 0.4) is 0 Å². The van der Waals surface area contributed by atoms with Crippen LogP contribution in [0.4, 0.5) is 20.3 Å². The van der Waals surface area contributed by atoms with Crippen molar-refractivity contribution in [1.82, 2.24) is 19.5 Å². The van der Waals surface area contributed by atoms with Crippen LogP contribution >= 0.6 is 11.6 Å². The fraction of sp³-hybridized carbons (Fsp3) is 0.440. The predicted molar refractivity (Wildman–Crippen MR) is 136 cm³/mol. The highest BCUT2D eigenvalue weighted by Gasteiger charge is 2.33. The SMILES string of the molecule is Cc1cn2nc(C3CCCCN3C(=O)c3cc(Cl)ccc3NC(=O)C(F)F)cc2nc1N1CCC(N)C1. The number of amides is 2. The summed E-state index contributed by atoms with van der Waals surface area (Å²) in [5.74, 6) is -1.02. The monoisotopic (exact) mass is 531 g/mol. The van der Waals surface area contributed by atoms with Crippen LogP contribution in [0.25, 0.3) is 5.65 Å². The molecule has 3 aromatic rings. The van der Waals surface area contributed by atoms with Crippen molar-refractivity contribution in [1.29, 1.82) is 0 Å². The fourth-order valence-electron chi connectivity index (χ4n) is 5.11. The lowest BCUT2D eigenvalue weighted by Gasteiger charge is -2.35. The lowest BCUT2D eigenvalue weighted by Crippen LogP contribution is -2.39. The maximum atomic E-state index is 13.7. The third-order valence-electron chi connectivity index (χ3n) is 6.92. The number of carbonyl (C=O) groups is 2. The Morgan fingerprint density at radius 3 is 2.73 bits per heavy atom. The van der Waals surface area contributed by atoms with Gasteiger partial charge in [-0.2, -0.15) is 13.9 Å². The number of aromatic nitrogens is 3. The van der Waals surface area contributed by atoms with E-state index in [1.54, 1.807) is 9.42 Å². The topological polar surface area (TPSA) is 109 Å². The van der Waals surface area contributed by atoms with Crippen molar-refractivity contribution < 1.29 is 18.4 Å². The van der Waals surface area contributed by atoms with Gasteiger partial charge in [0, 0.05) is 48.5 Å². The second-order valence-electron chi connectivity index (χ2n) is 9.60. The number of aryl methyl sites for hydroxylation is 1. The van der Waals surface area contributed by atoms with Crippen molar-refractivity contribution in [2.45, 2.75) is 51.1 Å². The van der Waals surface area contributed by atoms with Gasteiger partial charge in [0.2, 0.25) is 0 Å². The Morgan fingerprint density at radius 2 is 2.00 bits per heavy atom. The fourth-order valence-corrected chi connectivity index (χ4v) is 5.28. The third kappa shape index (κ3) is 5.10. The Kier molecular flexibility index (Phi) is 7.00. The molecule has 0 aliphatic carbocycles. The molecule has 0 radical (unpaired) electrons. The minimum absolute atomic E-state index is 0.00946. The van der Waals surface area contributed by atoms with Gasteiger partial charge in [-0.15, -0.1) is 0 Å². The van der Waals surface area contributed by atoms with Gasteiger partial charge in [-0.05, 0) is 50.8 Å². The molecule has 1 aromatic carbocycles. The lowest BCUT2D eigenvalue weighted by molar-refractivity contribution is -0.126. The molecule has 0 spiro atoms. The first-order chi connectivity index (χ1) is 17.7. The molecule has 2 aromatic heterocycles. The zero-order valence-corrected chi connectivity index (χ0v) is 21.1. The average Bonchev–Trinajstić information content (AvgIpc) is 3.49. The molecule has 2 fully saturated rings. The highest BCUT2D eigenvalue weighted by molar-refractivity contribution is 6.31. The van der Waals surface area contributed by atoms with E-state index in [0.29, 0.717) is 24.3 Å². The molecule has 2 amide bonds. The second-order valence-corrected chi connectivity index (χ2v) is 10.0. The number of piperidine rings is 1. The van der Waals surface area contributed by atoms with E-state index in [-0.39, 0.29) is 28.4 Å². The van der Waals surface area contributed by atoms with Gasteiger partial charge in [0.05, 0.1) is 23.0 Å². The first-order valence-electron chi connectivity index (χ1n) is 12.3. The summed E-state index contributed by atoms with van der Waals surface area (Å²) < 4.78 is 27.5. The number of fused-ring (bicyclic) bond motifs is 1. The van der Waals surface area contributed by atoms with Crippen molar-refractivity contribution in [3.05, 3.63) is 52.3 Å². The van der Waals surface area contributed by atoms with E-state index in [1.807, 2.05) is 19.2 Å². The number of rotatable bonds is 5.